The number of furan rings is 1. The Morgan fingerprint density at radius 1 is 1.19 bits per heavy atom. The molecule has 0 aliphatic heterocycles. The molecule has 1 aromatic heterocycles. The molecule has 0 aliphatic rings. The van der Waals surface area contributed by atoms with Crippen molar-refractivity contribution < 1.29 is 28.6 Å². The zero-order valence-electron chi connectivity index (χ0n) is 14.3. The molecular weight excluding hydrogens is 352 g/mol. The van der Waals surface area contributed by atoms with Gasteiger partial charge in [0.05, 0.1) is 19.3 Å². The van der Waals surface area contributed by atoms with Crippen molar-refractivity contribution in [3.05, 3.63) is 59.9 Å². The van der Waals surface area contributed by atoms with E-state index in [1.54, 1.807) is 48.5 Å². The molecule has 0 radical (unpaired) electrons. The van der Waals surface area contributed by atoms with Crippen molar-refractivity contribution >= 4 is 29.1 Å². The van der Waals surface area contributed by atoms with E-state index in [4.69, 9.17) is 13.9 Å². The van der Waals surface area contributed by atoms with Crippen LogP contribution in [0.25, 0.3) is 11.0 Å². The van der Waals surface area contributed by atoms with Crippen LogP contribution in [0.5, 0.6) is 11.5 Å². The van der Waals surface area contributed by atoms with Gasteiger partial charge in [0, 0.05) is 10.9 Å². The van der Waals surface area contributed by atoms with Gasteiger partial charge in [0.15, 0.2) is 17.1 Å². The second-order valence-electron chi connectivity index (χ2n) is 5.39. The molecule has 0 saturated heterocycles. The molecule has 8 nitrogen and oxygen atoms in total. The normalized spacial score (nSPS) is 10.9. The van der Waals surface area contributed by atoms with E-state index in [1.807, 2.05) is 0 Å². The third-order valence-corrected chi connectivity index (χ3v) is 3.59. The number of benzene rings is 2. The average Bonchev–Trinajstić information content (AvgIpc) is 3.11. The maximum absolute atomic E-state index is 12.2. The van der Waals surface area contributed by atoms with Crippen LogP contribution in [0.15, 0.2) is 58.0 Å². The molecule has 0 unspecified atom stereocenters. The SMILES string of the molecule is COc1cccc2cc(C(=O)N/N=C\c3ccccc3OCC(=O)[O-])oc12. The summed E-state index contributed by atoms with van der Waals surface area (Å²) in [6.07, 6.45) is 1.34. The molecule has 0 spiro atoms. The van der Waals surface area contributed by atoms with Crippen molar-refractivity contribution in [2.24, 2.45) is 5.10 Å². The van der Waals surface area contributed by atoms with Crippen LogP contribution in [0, 0.1) is 0 Å². The van der Waals surface area contributed by atoms with E-state index in [9.17, 15) is 14.7 Å². The number of methoxy groups -OCH3 is 1. The molecule has 3 rings (SSSR count). The first-order valence-corrected chi connectivity index (χ1v) is 7.90. The number of hydrogen-bond acceptors (Lipinski definition) is 7. The first-order valence-electron chi connectivity index (χ1n) is 7.90. The Hall–Kier alpha value is -3.81. The lowest BCUT2D eigenvalue weighted by Crippen LogP contribution is -2.29. The quantitative estimate of drug-likeness (QED) is 0.498. The van der Waals surface area contributed by atoms with Gasteiger partial charge in [-0.15, -0.1) is 0 Å². The molecule has 8 heteroatoms. The van der Waals surface area contributed by atoms with E-state index >= 15 is 0 Å². The summed E-state index contributed by atoms with van der Waals surface area (Å²) in [5.74, 6) is -0.983. The molecule has 0 bridgehead atoms. The van der Waals surface area contributed by atoms with E-state index in [0.29, 0.717) is 22.6 Å². The van der Waals surface area contributed by atoms with Gasteiger partial charge in [-0.05, 0) is 24.3 Å². The summed E-state index contributed by atoms with van der Waals surface area (Å²) in [4.78, 5) is 22.7. The van der Waals surface area contributed by atoms with Crippen LogP contribution in [0.3, 0.4) is 0 Å². The van der Waals surface area contributed by atoms with Crippen molar-refractivity contribution in [3.8, 4) is 11.5 Å². The molecule has 2 aromatic carbocycles. The zero-order chi connectivity index (χ0) is 19.2. The molecule has 27 heavy (non-hydrogen) atoms. The second-order valence-corrected chi connectivity index (χ2v) is 5.39. The largest absolute Gasteiger partial charge is 0.546 e. The Bertz CT molecular complexity index is 1010. The molecular formula is C19H15N2O6-. The molecule has 0 fully saturated rings. The molecule has 0 saturated carbocycles. The Morgan fingerprint density at radius 3 is 2.74 bits per heavy atom. The van der Waals surface area contributed by atoms with Gasteiger partial charge in [-0.1, -0.05) is 24.3 Å². The molecule has 0 aliphatic carbocycles. The maximum Gasteiger partial charge on any atom is 0.307 e. The first kappa shape index (κ1) is 18.0. The number of hydrogen-bond donors (Lipinski definition) is 1. The van der Waals surface area contributed by atoms with Gasteiger partial charge in [0.2, 0.25) is 0 Å². The molecule has 0 atom stereocenters. The fourth-order valence-electron chi connectivity index (χ4n) is 2.38. The highest BCUT2D eigenvalue weighted by atomic mass is 16.5. The van der Waals surface area contributed by atoms with Crippen LogP contribution >= 0.6 is 0 Å². The lowest BCUT2D eigenvalue weighted by Gasteiger charge is -2.08. The van der Waals surface area contributed by atoms with Gasteiger partial charge < -0.3 is 23.8 Å². The van der Waals surface area contributed by atoms with Crippen molar-refractivity contribution in [2.75, 3.05) is 13.7 Å². The Morgan fingerprint density at radius 2 is 1.96 bits per heavy atom. The number of carboxylic acid groups (broad SMARTS) is 1. The smallest absolute Gasteiger partial charge is 0.307 e. The predicted molar refractivity (Wildman–Crippen MR) is 94.8 cm³/mol. The summed E-state index contributed by atoms with van der Waals surface area (Å²) < 4.78 is 15.8. The van der Waals surface area contributed by atoms with E-state index in [0.717, 1.165) is 5.39 Å². The lowest BCUT2D eigenvalue weighted by atomic mass is 10.2. The van der Waals surface area contributed by atoms with Gasteiger partial charge in [-0.2, -0.15) is 5.10 Å². The van der Waals surface area contributed by atoms with E-state index in [-0.39, 0.29) is 5.76 Å². The number of nitrogens with one attached hydrogen (secondary N) is 1. The Labute approximate surface area is 154 Å². The van der Waals surface area contributed by atoms with Gasteiger partial charge in [-0.25, -0.2) is 5.43 Å². The van der Waals surface area contributed by atoms with Gasteiger partial charge in [0.1, 0.15) is 12.4 Å². The van der Waals surface area contributed by atoms with Gasteiger partial charge in [0.25, 0.3) is 0 Å². The monoisotopic (exact) mass is 367 g/mol. The molecule has 3 aromatic rings. The lowest BCUT2D eigenvalue weighted by molar-refractivity contribution is -0.307. The number of fused-ring (bicyclic) bond motifs is 1. The highest BCUT2D eigenvalue weighted by molar-refractivity contribution is 5.97. The van der Waals surface area contributed by atoms with Crippen molar-refractivity contribution in [2.45, 2.75) is 0 Å². The summed E-state index contributed by atoms with van der Waals surface area (Å²) in [7, 11) is 1.52. The average molecular weight is 367 g/mol. The highest BCUT2D eigenvalue weighted by Crippen LogP contribution is 2.28. The van der Waals surface area contributed by atoms with Crippen molar-refractivity contribution in [1.82, 2.24) is 5.43 Å². The summed E-state index contributed by atoms with van der Waals surface area (Å²) in [5.41, 5.74) is 3.31. The fraction of sp³-hybridized carbons (Fsp3) is 0.105. The zero-order valence-corrected chi connectivity index (χ0v) is 14.3. The van der Waals surface area contributed by atoms with Crippen LogP contribution in [0.1, 0.15) is 16.1 Å². The number of carboxylic acids is 1. The summed E-state index contributed by atoms with van der Waals surface area (Å²) >= 11 is 0. The van der Waals surface area contributed by atoms with E-state index in [2.05, 4.69) is 10.5 Å². The number of para-hydroxylation sites is 2. The van der Waals surface area contributed by atoms with Crippen molar-refractivity contribution in [1.29, 1.82) is 0 Å². The fourth-order valence-corrected chi connectivity index (χ4v) is 2.38. The Balaban J connectivity index is 1.72. The minimum absolute atomic E-state index is 0.0770. The number of carbonyl (C=O) groups excluding carboxylic acids is 2. The third kappa shape index (κ3) is 4.24. The van der Waals surface area contributed by atoms with Crippen LogP contribution in [-0.2, 0) is 4.79 Å². The Kier molecular flexibility index (Phi) is 5.36. The summed E-state index contributed by atoms with van der Waals surface area (Å²) in [5, 5.41) is 15.1. The van der Waals surface area contributed by atoms with Crippen molar-refractivity contribution in [3.63, 3.8) is 0 Å². The number of carbonyl (C=O) groups is 2. The number of rotatable bonds is 7. The number of hydrazone groups is 1. The minimum Gasteiger partial charge on any atom is -0.546 e. The van der Waals surface area contributed by atoms with Crippen LogP contribution in [0.4, 0.5) is 0 Å². The summed E-state index contributed by atoms with van der Waals surface area (Å²) in [6, 6.07) is 13.5. The standard InChI is InChI=1S/C19H16N2O6/c1-25-15-8-4-6-12-9-16(27-18(12)15)19(24)21-20-10-13-5-2-3-7-14(13)26-11-17(22)23/h2-10H,11H2,1H3,(H,21,24)(H,22,23)/p-1/b20-10-. The maximum atomic E-state index is 12.2. The first-order chi connectivity index (χ1) is 13.1. The molecule has 1 heterocycles. The van der Waals surface area contributed by atoms with Crippen LogP contribution < -0.4 is 20.0 Å². The topological polar surface area (TPSA) is 113 Å². The third-order valence-electron chi connectivity index (χ3n) is 3.59. The number of ether oxygens (including phenoxy) is 2. The number of aliphatic carboxylic acids is 1. The van der Waals surface area contributed by atoms with Crippen LogP contribution in [0.2, 0.25) is 0 Å². The summed E-state index contributed by atoms with van der Waals surface area (Å²) in [6.45, 7) is -0.585. The number of nitrogens with zero attached hydrogens (tertiary/aromatic N) is 1. The van der Waals surface area contributed by atoms with E-state index in [1.165, 1.54) is 13.3 Å². The second kappa shape index (κ2) is 8.05. The minimum atomic E-state index is -1.34. The molecule has 1 N–H and O–H groups in total. The van der Waals surface area contributed by atoms with E-state index < -0.39 is 18.5 Å². The van der Waals surface area contributed by atoms with Crippen LogP contribution in [-0.4, -0.2) is 31.8 Å². The van der Waals surface area contributed by atoms with Gasteiger partial charge >= 0.3 is 5.91 Å². The molecule has 1 amide bonds. The number of amides is 1. The van der Waals surface area contributed by atoms with Gasteiger partial charge in [-0.3, -0.25) is 4.79 Å². The molecule has 138 valence electrons. The predicted octanol–water partition coefficient (Wildman–Crippen LogP) is 1.33. The highest BCUT2D eigenvalue weighted by Gasteiger charge is 2.14.